The van der Waals surface area contributed by atoms with E-state index in [1.165, 1.54) is 6.08 Å². The zero-order valence-electron chi connectivity index (χ0n) is 6.81. The number of hydrogen-bond donors (Lipinski definition) is 1. The topological polar surface area (TPSA) is 37.3 Å². The molecule has 0 unspecified atom stereocenters. The Morgan fingerprint density at radius 2 is 1.92 bits per heavy atom. The van der Waals surface area contributed by atoms with Crippen LogP contribution in [0.4, 0.5) is 0 Å². The van der Waals surface area contributed by atoms with E-state index in [-0.39, 0.29) is 0 Å². The number of aliphatic carboxylic acids is 1. The first kappa shape index (κ1) is 10.4. The first-order chi connectivity index (χ1) is 5.77. The summed E-state index contributed by atoms with van der Waals surface area (Å²) in [6.07, 6.45) is 12.4. The summed E-state index contributed by atoms with van der Waals surface area (Å²) in [5, 5.41) is 8.20. The SMILES string of the molecule is C=CC/C=C\C=C\C=CC(=O)O. The first-order valence-electron chi connectivity index (χ1n) is 3.61. The van der Waals surface area contributed by atoms with Crippen LogP contribution >= 0.6 is 0 Å². The van der Waals surface area contributed by atoms with Crippen LogP contribution in [0.2, 0.25) is 0 Å². The molecule has 0 fully saturated rings. The van der Waals surface area contributed by atoms with Gasteiger partial charge in [-0.15, -0.1) is 6.58 Å². The highest BCUT2D eigenvalue weighted by Gasteiger charge is 1.78. The molecule has 0 atom stereocenters. The minimum Gasteiger partial charge on any atom is -0.478 e. The van der Waals surface area contributed by atoms with Crippen LogP contribution in [0.25, 0.3) is 0 Å². The summed E-state index contributed by atoms with van der Waals surface area (Å²) in [5.74, 6) is -0.935. The second kappa shape index (κ2) is 7.54. The number of carboxylic acid groups (broad SMARTS) is 1. The monoisotopic (exact) mass is 164 g/mol. The number of carbonyl (C=O) groups is 1. The molecule has 64 valence electrons. The van der Waals surface area contributed by atoms with Gasteiger partial charge in [0.25, 0.3) is 0 Å². The lowest BCUT2D eigenvalue weighted by molar-refractivity contribution is -0.131. The van der Waals surface area contributed by atoms with Crippen LogP contribution in [0.3, 0.4) is 0 Å². The molecule has 1 N–H and O–H groups in total. The van der Waals surface area contributed by atoms with Crippen molar-refractivity contribution in [3.63, 3.8) is 0 Å². The van der Waals surface area contributed by atoms with Gasteiger partial charge in [-0.05, 0) is 6.42 Å². The predicted octanol–water partition coefficient (Wildman–Crippen LogP) is 2.32. The molecule has 0 aliphatic carbocycles. The molecule has 2 nitrogen and oxygen atoms in total. The van der Waals surface area contributed by atoms with Gasteiger partial charge in [0.15, 0.2) is 0 Å². The molecular weight excluding hydrogens is 152 g/mol. The number of hydrogen-bond acceptors (Lipinski definition) is 1. The maximum Gasteiger partial charge on any atom is 0.328 e. The highest BCUT2D eigenvalue weighted by molar-refractivity contribution is 5.80. The van der Waals surface area contributed by atoms with Gasteiger partial charge in [0.1, 0.15) is 0 Å². The molecule has 0 saturated carbocycles. The third kappa shape index (κ3) is 8.43. The summed E-state index contributed by atoms with van der Waals surface area (Å²) in [4.78, 5) is 9.98. The van der Waals surface area contributed by atoms with Gasteiger partial charge in [-0.1, -0.05) is 36.5 Å². The molecule has 0 aliphatic rings. The normalized spacial score (nSPS) is 11.7. The van der Waals surface area contributed by atoms with Gasteiger partial charge in [0.05, 0.1) is 0 Å². The highest BCUT2D eigenvalue weighted by Crippen LogP contribution is 1.85. The molecular formula is C10H12O2. The number of carboxylic acids is 1. The fraction of sp³-hybridized carbons (Fsp3) is 0.100. The summed E-state index contributed by atoms with van der Waals surface area (Å²) < 4.78 is 0. The lowest BCUT2D eigenvalue weighted by atomic mass is 10.3. The standard InChI is InChI=1S/C10H12O2/c1-2-3-4-5-6-7-8-9-10(11)12/h2,4-9H,1,3H2,(H,11,12)/b5-4-,7-6+,9-8?. The van der Waals surface area contributed by atoms with Crippen LogP contribution in [-0.4, -0.2) is 11.1 Å². The lowest BCUT2D eigenvalue weighted by Gasteiger charge is -1.76. The summed E-state index contributed by atoms with van der Waals surface area (Å²) >= 11 is 0. The molecule has 0 saturated heterocycles. The zero-order chi connectivity index (χ0) is 9.23. The number of rotatable bonds is 5. The van der Waals surface area contributed by atoms with Gasteiger partial charge in [0, 0.05) is 6.08 Å². The van der Waals surface area contributed by atoms with E-state index >= 15 is 0 Å². The molecule has 0 heterocycles. The molecule has 0 aliphatic heterocycles. The Hall–Kier alpha value is -1.57. The fourth-order valence-electron chi connectivity index (χ4n) is 0.520. The van der Waals surface area contributed by atoms with Crippen LogP contribution in [-0.2, 0) is 4.79 Å². The molecule has 0 radical (unpaired) electrons. The van der Waals surface area contributed by atoms with Crippen LogP contribution in [0, 0.1) is 0 Å². The Morgan fingerprint density at radius 3 is 2.50 bits per heavy atom. The largest absolute Gasteiger partial charge is 0.478 e. The van der Waals surface area contributed by atoms with Gasteiger partial charge in [-0.3, -0.25) is 0 Å². The van der Waals surface area contributed by atoms with E-state index in [0.29, 0.717) is 0 Å². The Bertz CT molecular complexity index is 222. The molecule has 0 amide bonds. The highest BCUT2D eigenvalue weighted by atomic mass is 16.4. The van der Waals surface area contributed by atoms with E-state index in [2.05, 4.69) is 6.58 Å². The van der Waals surface area contributed by atoms with E-state index in [4.69, 9.17) is 5.11 Å². The van der Waals surface area contributed by atoms with Gasteiger partial charge in [0.2, 0.25) is 0 Å². The third-order valence-electron chi connectivity index (χ3n) is 1.01. The fourth-order valence-corrected chi connectivity index (χ4v) is 0.520. The Morgan fingerprint density at radius 1 is 1.25 bits per heavy atom. The maximum absolute atomic E-state index is 9.98. The predicted molar refractivity (Wildman–Crippen MR) is 49.9 cm³/mol. The molecule has 2 heteroatoms. The average Bonchev–Trinajstić information content (AvgIpc) is 2.02. The Kier molecular flexibility index (Phi) is 6.55. The van der Waals surface area contributed by atoms with Crippen molar-refractivity contribution >= 4 is 5.97 Å². The Labute approximate surface area is 72.2 Å². The summed E-state index contributed by atoms with van der Waals surface area (Å²) in [5.41, 5.74) is 0. The maximum atomic E-state index is 9.98. The third-order valence-corrected chi connectivity index (χ3v) is 1.01. The Balaban J connectivity index is 3.62. The van der Waals surface area contributed by atoms with Crippen molar-refractivity contribution in [2.45, 2.75) is 6.42 Å². The van der Waals surface area contributed by atoms with Crippen molar-refractivity contribution in [2.24, 2.45) is 0 Å². The van der Waals surface area contributed by atoms with E-state index in [1.54, 1.807) is 18.2 Å². The lowest BCUT2D eigenvalue weighted by Crippen LogP contribution is -1.84. The van der Waals surface area contributed by atoms with Crippen molar-refractivity contribution in [1.29, 1.82) is 0 Å². The van der Waals surface area contributed by atoms with Crippen LogP contribution in [0.15, 0.2) is 49.1 Å². The average molecular weight is 164 g/mol. The van der Waals surface area contributed by atoms with Crippen LogP contribution in [0.1, 0.15) is 6.42 Å². The molecule has 0 bridgehead atoms. The zero-order valence-corrected chi connectivity index (χ0v) is 6.81. The summed E-state index contributed by atoms with van der Waals surface area (Å²) in [6.45, 7) is 3.55. The van der Waals surface area contributed by atoms with Gasteiger partial charge in [-0.2, -0.15) is 0 Å². The van der Waals surface area contributed by atoms with E-state index < -0.39 is 5.97 Å². The smallest absolute Gasteiger partial charge is 0.328 e. The van der Waals surface area contributed by atoms with Crippen molar-refractivity contribution < 1.29 is 9.90 Å². The van der Waals surface area contributed by atoms with Gasteiger partial charge >= 0.3 is 5.97 Å². The quantitative estimate of drug-likeness (QED) is 0.384. The van der Waals surface area contributed by atoms with Crippen molar-refractivity contribution in [1.82, 2.24) is 0 Å². The van der Waals surface area contributed by atoms with Crippen LogP contribution in [0.5, 0.6) is 0 Å². The first-order valence-corrected chi connectivity index (χ1v) is 3.61. The van der Waals surface area contributed by atoms with E-state index in [1.807, 2.05) is 12.2 Å². The second-order valence-electron chi connectivity index (χ2n) is 2.03. The summed E-state index contributed by atoms with van der Waals surface area (Å²) in [6, 6.07) is 0. The minimum absolute atomic E-state index is 0.826. The number of allylic oxidation sites excluding steroid dienone is 6. The molecule has 0 aromatic heterocycles. The molecule has 0 spiro atoms. The molecule has 0 aromatic carbocycles. The van der Waals surface area contributed by atoms with E-state index in [9.17, 15) is 4.79 Å². The molecule has 0 rings (SSSR count). The van der Waals surface area contributed by atoms with E-state index in [0.717, 1.165) is 12.5 Å². The second-order valence-corrected chi connectivity index (χ2v) is 2.03. The minimum atomic E-state index is -0.935. The van der Waals surface area contributed by atoms with Crippen LogP contribution < -0.4 is 0 Å². The molecule has 12 heavy (non-hydrogen) atoms. The molecule has 0 aromatic rings. The van der Waals surface area contributed by atoms with Crippen molar-refractivity contribution in [2.75, 3.05) is 0 Å². The van der Waals surface area contributed by atoms with Crippen molar-refractivity contribution in [3.8, 4) is 0 Å². The van der Waals surface area contributed by atoms with Crippen molar-refractivity contribution in [3.05, 3.63) is 49.1 Å². The summed E-state index contributed by atoms with van der Waals surface area (Å²) in [7, 11) is 0. The van der Waals surface area contributed by atoms with Gasteiger partial charge in [-0.25, -0.2) is 4.79 Å². The van der Waals surface area contributed by atoms with Gasteiger partial charge < -0.3 is 5.11 Å².